The van der Waals surface area contributed by atoms with Gasteiger partial charge in [0, 0.05) is 23.0 Å². The molecule has 8 heteroatoms. The average Bonchev–Trinajstić information content (AvgIpc) is 3.41. The van der Waals surface area contributed by atoms with Gasteiger partial charge in [0.2, 0.25) is 5.91 Å². The molecule has 3 amide bonds. The molecule has 1 aromatic rings. The van der Waals surface area contributed by atoms with Gasteiger partial charge in [-0.05, 0) is 111 Å². The van der Waals surface area contributed by atoms with E-state index in [4.69, 9.17) is 0 Å². The highest BCUT2D eigenvalue weighted by atomic mass is 32.3. The number of thiol groups is 1. The van der Waals surface area contributed by atoms with Gasteiger partial charge in [-0.25, -0.2) is 4.79 Å². The van der Waals surface area contributed by atoms with E-state index in [1.165, 1.54) is 22.3 Å². The number of nitrogens with one attached hydrogen (secondary N) is 3. The summed E-state index contributed by atoms with van der Waals surface area (Å²) in [5, 5.41) is 6.10. The highest BCUT2D eigenvalue weighted by Gasteiger charge is 2.40. The first-order valence-electron chi connectivity index (χ1n) is 12.1. The summed E-state index contributed by atoms with van der Waals surface area (Å²) in [4.78, 5) is 27.8. The zero-order valence-electron chi connectivity index (χ0n) is 19.3. The van der Waals surface area contributed by atoms with Crippen LogP contribution < -0.4 is 15.4 Å². The van der Waals surface area contributed by atoms with E-state index < -0.39 is 16.1 Å². The Morgan fingerprint density at radius 2 is 1.88 bits per heavy atom. The molecule has 1 aromatic carbocycles. The summed E-state index contributed by atoms with van der Waals surface area (Å²) >= 11 is 0. The summed E-state index contributed by atoms with van der Waals surface area (Å²) in [6.45, 7) is 3.25. The van der Waals surface area contributed by atoms with Crippen molar-refractivity contribution in [2.45, 2.75) is 76.3 Å². The second kappa shape index (κ2) is 8.13. The first-order valence-corrected chi connectivity index (χ1v) is 14.2. The molecule has 2 atom stereocenters. The quantitative estimate of drug-likeness (QED) is 0.518. The van der Waals surface area contributed by atoms with Crippen molar-refractivity contribution in [2.75, 3.05) is 30.4 Å². The maximum Gasteiger partial charge on any atom is 0.329 e. The first kappa shape index (κ1) is 21.9. The van der Waals surface area contributed by atoms with E-state index in [2.05, 4.69) is 40.3 Å². The van der Waals surface area contributed by atoms with Gasteiger partial charge >= 0.3 is 6.03 Å². The molecular formula is C24H36N4O3S. The fourth-order valence-corrected chi connectivity index (χ4v) is 8.63. The van der Waals surface area contributed by atoms with Crippen LogP contribution in [0.1, 0.15) is 61.3 Å². The lowest BCUT2D eigenvalue weighted by molar-refractivity contribution is -0.119. The Kier molecular flexibility index (Phi) is 5.56. The number of fused-ring (bicyclic) bond motifs is 2. The van der Waals surface area contributed by atoms with E-state index >= 15 is 0 Å². The van der Waals surface area contributed by atoms with Crippen LogP contribution in [0.25, 0.3) is 0 Å². The second-order valence-corrected chi connectivity index (χ2v) is 13.2. The molecule has 2 saturated heterocycles. The Hall–Kier alpha value is -1.93. The Balaban J connectivity index is 1.30. The number of likely N-dealkylation sites (tertiary alicyclic amines) is 1. The van der Waals surface area contributed by atoms with Gasteiger partial charge in [-0.3, -0.25) is 13.7 Å². The van der Waals surface area contributed by atoms with Gasteiger partial charge in [-0.15, -0.1) is 0 Å². The lowest BCUT2D eigenvalue weighted by Crippen LogP contribution is -2.60. The maximum absolute atomic E-state index is 13.6. The molecule has 0 aromatic heterocycles. The van der Waals surface area contributed by atoms with Crippen LogP contribution in [0.5, 0.6) is 0 Å². The third kappa shape index (κ3) is 4.07. The van der Waals surface area contributed by atoms with Crippen molar-refractivity contribution >= 4 is 27.7 Å². The SMILES string of the molecule is CN1CCC[C@]1(C)CC1C[SH](=O)(NC(=O)Nc2c3c(cc4c2CCC4)CCC3)CC(=O)N1. The second-order valence-electron chi connectivity index (χ2n) is 10.5. The normalized spacial score (nSPS) is 29.8. The van der Waals surface area contributed by atoms with Crippen molar-refractivity contribution < 1.29 is 13.8 Å². The predicted molar refractivity (Wildman–Crippen MR) is 129 cm³/mol. The van der Waals surface area contributed by atoms with E-state index in [1.807, 2.05) is 0 Å². The van der Waals surface area contributed by atoms with E-state index in [-0.39, 0.29) is 23.2 Å². The monoisotopic (exact) mass is 460 g/mol. The minimum absolute atomic E-state index is 0.00643. The van der Waals surface area contributed by atoms with Crippen molar-refractivity contribution in [3.63, 3.8) is 0 Å². The Bertz CT molecular complexity index is 977. The zero-order valence-corrected chi connectivity index (χ0v) is 20.2. The fraction of sp³-hybridized carbons (Fsp3) is 0.667. The third-order valence-corrected chi connectivity index (χ3v) is 10.6. The van der Waals surface area contributed by atoms with Gasteiger partial charge in [-0.1, -0.05) is 6.07 Å². The van der Waals surface area contributed by atoms with Crippen molar-refractivity contribution in [3.05, 3.63) is 28.3 Å². The standard InChI is InChI=1S/C24H36N4O3S/c1-24(10-5-11-28(24)2)13-18-14-32(31,15-21(29)25-18)27-23(30)26-22-19-8-3-6-16(19)12-17-7-4-9-20(17)22/h12,18,32H,3-11,13-15H2,1-2H3,(H,25,29)(H2,26,27,30,31)/t18?,24-/m1/s1. The summed E-state index contributed by atoms with van der Waals surface area (Å²) in [5.41, 5.74) is 6.12. The number of carbonyl (C=O) groups excluding carboxylic acids is 2. The van der Waals surface area contributed by atoms with Gasteiger partial charge in [0.05, 0.1) is 5.75 Å². The number of benzene rings is 1. The molecule has 2 aliphatic carbocycles. The van der Waals surface area contributed by atoms with Crippen LogP contribution >= 0.6 is 0 Å². The van der Waals surface area contributed by atoms with Crippen molar-refractivity contribution in [1.29, 1.82) is 0 Å². The molecular weight excluding hydrogens is 424 g/mol. The van der Waals surface area contributed by atoms with Crippen LogP contribution in [0.15, 0.2) is 6.07 Å². The molecule has 1 unspecified atom stereocenters. The highest BCUT2D eigenvalue weighted by Crippen LogP contribution is 2.38. The largest absolute Gasteiger partial charge is 0.352 e. The molecule has 7 nitrogen and oxygen atoms in total. The lowest BCUT2D eigenvalue weighted by Gasteiger charge is -2.40. The molecule has 0 saturated carbocycles. The van der Waals surface area contributed by atoms with Gasteiger partial charge in [0.1, 0.15) is 0 Å². The van der Waals surface area contributed by atoms with Crippen LogP contribution in [-0.2, 0) is 40.6 Å². The van der Waals surface area contributed by atoms with Crippen LogP contribution in [-0.4, -0.2) is 57.7 Å². The number of rotatable bonds is 4. The lowest BCUT2D eigenvalue weighted by atomic mass is 9.91. The molecule has 32 heavy (non-hydrogen) atoms. The summed E-state index contributed by atoms with van der Waals surface area (Å²) < 4.78 is 16.4. The first-order chi connectivity index (χ1) is 15.2. The number of hydrogen-bond donors (Lipinski definition) is 4. The Labute approximate surface area is 191 Å². The van der Waals surface area contributed by atoms with Crippen LogP contribution in [0.3, 0.4) is 0 Å². The van der Waals surface area contributed by atoms with E-state index in [1.54, 1.807) is 0 Å². The summed E-state index contributed by atoms with van der Waals surface area (Å²) in [7, 11) is -1.05. The van der Waals surface area contributed by atoms with Gasteiger partial charge in [0.25, 0.3) is 0 Å². The predicted octanol–water partition coefficient (Wildman–Crippen LogP) is 2.09. The molecule has 3 N–H and O–H groups in total. The molecule has 5 rings (SSSR count). The minimum atomic E-state index is -3.16. The molecule has 176 valence electrons. The Morgan fingerprint density at radius 3 is 2.50 bits per heavy atom. The molecule has 2 heterocycles. The minimum Gasteiger partial charge on any atom is -0.352 e. The molecule has 0 bridgehead atoms. The summed E-state index contributed by atoms with van der Waals surface area (Å²) in [6, 6.07) is 1.71. The fourth-order valence-electron chi connectivity index (χ4n) is 6.41. The number of aryl methyl sites for hydroxylation is 2. The summed E-state index contributed by atoms with van der Waals surface area (Å²) in [6.07, 6.45) is 9.26. The number of nitrogens with zero attached hydrogens (tertiary/aromatic N) is 1. The number of anilines is 1. The highest BCUT2D eigenvalue weighted by molar-refractivity contribution is 8.02. The number of hydrogen-bond acceptors (Lipinski definition) is 4. The molecule has 4 aliphatic rings. The Morgan fingerprint density at radius 1 is 1.19 bits per heavy atom. The smallest absolute Gasteiger partial charge is 0.329 e. The molecule has 2 fully saturated rings. The average molecular weight is 461 g/mol. The maximum atomic E-state index is 13.6. The van der Waals surface area contributed by atoms with Crippen molar-refractivity contribution in [3.8, 4) is 0 Å². The number of amides is 3. The number of carbonyl (C=O) groups is 2. The van der Waals surface area contributed by atoms with Gasteiger partial charge in [-0.2, -0.15) is 0 Å². The summed E-state index contributed by atoms with van der Waals surface area (Å²) in [5.74, 6) is -0.0228. The van der Waals surface area contributed by atoms with E-state index in [0.29, 0.717) is 5.75 Å². The van der Waals surface area contributed by atoms with Crippen LogP contribution in [0.2, 0.25) is 0 Å². The number of urea groups is 1. The van der Waals surface area contributed by atoms with Crippen LogP contribution in [0.4, 0.5) is 10.5 Å². The van der Waals surface area contributed by atoms with Gasteiger partial charge in [0.15, 0.2) is 0 Å². The topological polar surface area (TPSA) is 90.5 Å². The van der Waals surface area contributed by atoms with Crippen LogP contribution in [0, 0.1) is 0 Å². The third-order valence-electron chi connectivity index (χ3n) is 8.11. The molecule has 2 aliphatic heterocycles. The molecule has 0 spiro atoms. The van der Waals surface area contributed by atoms with E-state index in [9.17, 15) is 13.8 Å². The van der Waals surface area contributed by atoms with E-state index in [0.717, 1.165) is 70.0 Å². The van der Waals surface area contributed by atoms with Crippen molar-refractivity contribution in [2.24, 2.45) is 0 Å². The zero-order chi connectivity index (χ0) is 22.5. The molecule has 0 radical (unpaired) electrons. The van der Waals surface area contributed by atoms with Gasteiger partial charge < -0.3 is 15.5 Å². The van der Waals surface area contributed by atoms with Crippen molar-refractivity contribution in [1.82, 2.24) is 14.9 Å².